The zero-order valence-electron chi connectivity index (χ0n) is 16.1. The number of hydrogen-bond acceptors (Lipinski definition) is 4. The van der Waals surface area contributed by atoms with Crippen molar-refractivity contribution in [2.75, 3.05) is 33.4 Å². The monoisotopic (exact) mass is 420 g/mol. The smallest absolute Gasteiger partial charge is 0.242 e. The molecule has 2 amide bonds. The van der Waals surface area contributed by atoms with E-state index in [0.717, 1.165) is 12.0 Å². The van der Waals surface area contributed by atoms with Crippen LogP contribution in [-0.2, 0) is 20.7 Å². The first-order valence-corrected chi connectivity index (χ1v) is 10.7. The number of hydrogen-bond donors (Lipinski definition) is 0. The van der Waals surface area contributed by atoms with Gasteiger partial charge in [-0.25, -0.2) is 0 Å². The summed E-state index contributed by atoms with van der Waals surface area (Å²) in [6.07, 6.45) is 0.833. The van der Waals surface area contributed by atoms with E-state index in [2.05, 4.69) is 11.4 Å². The molecular weight excluding hydrogens is 396 g/mol. The van der Waals surface area contributed by atoms with Gasteiger partial charge in [0.1, 0.15) is 5.38 Å². The van der Waals surface area contributed by atoms with E-state index >= 15 is 0 Å². The molecule has 0 aliphatic carbocycles. The van der Waals surface area contributed by atoms with E-state index in [1.165, 1.54) is 15.3 Å². The summed E-state index contributed by atoms with van der Waals surface area (Å²) in [4.78, 5) is 30.4. The predicted octanol–water partition coefficient (Wildman–Crippen LogP) is 3.32. The maximum atomic E-state index is 13.3. The van der Waals surface area contributed by atoms with Crippen LogP contribution in [-0.4, -0.2) is 60.3 Å². The lowest BCUT2D eigenvalue weighted by molar-refractivity contribution is -0.141. The molecule has 2 atom stereocenters. The summed E-state index contributed by atoms with van der Waals surface area (Å²) in [5.74, 6) is -0.330. The second-order valence-corrected chi connectivity index (χ2v) is 8.47. The zero-order valence-corrected chi connectivity index (χ0v) is 17.7. The summed E-state index contributed by atoms with van der Waals surface area (Å²) in [7, 11) is 1.57. The van der Waals surface area contributed by atoms with E-state index in [1.54, 1.807) is 25.4 Å². The van der Waals surface area contributed by atoms with Gasteiger partial charge in [-0.3, -0.25) is 9.59 Å². The zero-order chi connectivity index (χ0) is 20.1. The average Bonchev–Trinajstić information content (AvgIpc) is 3.19. The Labute approximate surface area is 174 Å². The van der Waals surface area contributed by atoms with Crippen LogP contribution in [0.1, 0.15) is 29.0 Å². The molecule has 2 unspecified atom stereocenters. The van der Waals surface area contributed by atoms with Crippen molar-refractivity contribution in [3.8, 4) is 0 Å². The molecule has 0 N–H and O–H groups in total. The SMILES string of the molecule is COCCN(CC(=O)N1CCc2sccc2C1c1ccccc1)C(=O)C(C)Cl. The Morgan fingerprint density at radius 2 is 2.07 bits per heavy atom. The fraction of sp³-hybridized carbons (Fsp3) is 0.429. The number of carbonyl (C=O) groups is 2. The van der Waals surface area contributed by atoms with Gasteiger partial charge in [0.15, 0.2) is 0 Å². The number of rotatable bonds is 7. The number of nitrogens with zero attached hydrogens (tertiary/aromatic N) is 2. The Kier molecular flexibility index (Phi) is 7.10. The van der Waals surface area contributed by atoms with Crippen LogP contribution in [0.5, 0.6) is 0 Å². The van der Waals surface area contributed by atoms with Crippen molar-refractivity contribution in [3.05, 3.63) is 57.8 Å². The Bertz CT molecular complexity index is 809. The lowest BCUT2D eigenvalue weighted by atomic mass is 9.93. The lowest BCUT2D eigenvalue weighted by Gasteiger charge is -2.37. The molecule has 0 spiro atoms. The van der Waals surface area contributed by atoms with Crippen molar-refractivity contribution in [3.63, 3.8) is 0 Å². The Morgan fingerprint density at radius 3 is 2.75 bits per heavy atom. The van der Waals surface area contributed by atoms with Crippen LogP contribution in [0.25, 0.3) is 0 Å². The summed E-state index contributed by atoms with van der Waals surface area (Å²) >= 11 is 7.73. The first-order valence-electron chi connectivity index (χ1n) is 9.35. The molecule has 150 valence electrons. The highest BCUT2D eigenvalue weighted by molar-refractivity contribution is 7.10. The second-order valence-electron chi connectivity index (χ2n) is 6.82. The van der Waals surface area contributed by atoms with Crippen molar-refractivity contribution < 1.29 is 14.3 Å². The van der Waals surface area contributed by atoms with Gasteiger partial charge in [-0.05, 0) is 35.9 Å². The number of carbonyl (C=O) groups excluding carboxylic acids is 2. The minimum Gasteiger partial charge on any atom is -0.383 e. The molecule has 1 aromatic heterocycles. The first-order chi connectivity index (χ1) is 13.5. The minimum absolute atomic E-state index is 0.00204. The number of thiophene rings is 1. The highest BCUT2D eigenvalue weighted by atomic mass is 35.5. The lowest BCUT2D eigenvalue weighted by Crippen LogP contribution is -2.48. The quantitative estimate of drug-likeness (QED) is 0.645. The van der Waals surface area contributed by atoms with Gasteiger partial charge in [-0.15, -0.1) is 22.9 Å². The van der Waals surface area contributed by atoms with E-state index in [1.807, 2.05) is 35.2 Å². The van der Waals surface area contributed by atoms with Gasteiger partial charge in [0.05, 0.1) is 19.2 Å². The molecule has 0 fully saturated rings. The Morgan fingerprint density at radius 1 is 1.32 bits per heavy atom. The number of benzene rings is 1. The third kappa shape index (κ3) is 4.57. The average molecular weight is 421 g/mol. The Balaban J connectivity index is 1.85. The second kappa shape index (κ2) is 9.54. The van der Waals surface area contributed by atoms with E-state index in [4.69, 9.17) is 16.3 Å². The molecule has 3 rings (SSSR count). The number of amides is 2. The molecule has 1 aromatic carbocycles. The minimum atomic E-state index is -0.681. The maximum Gasteiger partial charge on any atom is 0.242 e. The maximum absolute atomic E-state index is 13.3. The predicted molar refractivity (Wildman–Crippen MR) is 112 cm³/mol. The van der Waals surface area contributed by atoms with Crippen molar-refractivity contribution in [1.29, 1.82) is 0 Å². The van der Waals surface area contributed by atoms with Crippen molar-refractivity contribution in [1.82, 2.24) is 9.80 Å². The largest absolute Gasteiger partial charge is 0.383 e. The van der Waals surface area contributed by atoms with Gasteiger partial charge in [0, 0.05) is 25.1 Å². The number of methoxy groups -OCH3 is 1. The summed E-state index contributed by atoms with van der Waals surface area (Å²) in [5.41, 5.74) is 2.26. The van der Waals surface area contributed by atoms with E-state index in [9.17, 15) is 9.59 Å². The van der Waals surface area contributed by atoms with Crippen molar-refractivity contribution >= 4 is 34.8 Å². The molecule has 1 aliphatic rings. The number of halogens is 1. The number of ether oxygens (including phenoxy) is 1. The third-order valence-electron chi connectivity index (χ3n) is 4.94. The summed E-state index contributed by atoms with van der Waals surface area (Å²) < 4.78 is 5.10. The molecule has 0 bridgehead atoms. The van der Waals surface area contributed by atoms with Gasteiger partial charge in [-0.1, -0.05) is 30.3 Å². The molecule has 0 radical (unpaired) electrons. The van der Waals surface area contributed by atoms with Gasteiger partial charge in [0.25, 0.3) is 0 Å². The Hall–Kier alpha value is -1.89. The van der Waals surface area contributed by atoms with Crippen LogP contribution in [0.3, 0.4) is 0 Å². The van der Waals surface area contributed by atoms with Crippen LogP contribution in [0.2, 0.25) is 0 Å². The normalized spacial score (nSPS) is 17.1. The number of fused-ring (bicyclic) bond motifs is 1. The molecule has 2 aromatic rings. The summed E-state index contributed by atoms with van der Waals surface area (Å²) in [6.45, 7) is 2.96. The molecule has 28 heavy (non-hydrogen) atoms. The molecule has 5 nitrogen and oxygen atoms in total. The van der Waals surface area contributed by atoms with Gasteiger partial charge in [-0.2, -0.15) is 0 Å². The molecular formula is C21H25ClN2O3S. The van der Waals surface area contributed by atoms with Crippen LogP contribution in [0, 0.1) is 0 Å². The van der Waals surface area contributed by atoms with Crippen LogP contribution in [0.4, 0.5) is 0 Å². The molecule has 0 saturated heterocycles. The van der Waals surface area contributed by atoms with Crippen LogP contribution in [0.15, 0.2) is 41.8 Å². The highest BCUT2D eigenvalue weighted by Crippen LogP contribution is 2.37. The van der Waals surface area contributed by atoms with Gasteiger partial charge < -0.3 is 14.5 Å². The fourth-order valence-corrected chi connectivity index (χ4v) is 4.60. The first kappa shape index (κ1) is 20.8. The standard InChI is InChI=1S/C21H25ClN2O3S/c1-15(22)21(26)23(11-12-27-2)14-19(25)24-10-8-18-17(9-13-28-18)20(24)16-6-4-3-5-7-16/h3-7,9,13,15,20H,8,10-12,14H2,1-2H3. The molecule has 0 saturated carbocycles. The van der Waals surface area contributed by atoms with Crippen LogP contribution < -0.4 is 0 Å². The highest BCUT2D eigenvalue weighted by Gasteiger charge is 2.34. The van der Waals surface area contributed by atoms with Gasteiger partial charge in [0.2, 0.25) is 11.8 Å². The van der Waals surface area contributed by atoms with E-state index < -0.39 is 5.38 Å². The van der Waals surface area contributed by atoms with E-state index in [-0.39, 0.29) is 24.4 Å². The van der Waals surface area contributed by atoms with Crippen LogP contribution >= 0.6 is 22.9 Å². The third-order valence-corrected chi connectivity index (χ3v) is 6.13. The molecule has 1 aliphatic heterocycles. The fourth-order valence-electron chi connectivity index (χ4n) is 3.55. The topological polar surface area (TPSA) is 49.9 Å². The molecule has 7 heteroatoms. The summed E-state index contributed by atoms with van der Waals surface area (Å²) in [6, 6.07) is 12.0. The molecule has 2 heterocycles. The number of alkyl halides is 1. The van der Waals surface area contributed by atoms with Gasteiger partial charge >= 0.3 is 0 Å². The van der Waals surface area contributed by atoms with E-state index in [0.29, 0.717) is 19.7 Å². The summed E-state index contributed by atoms with van der Waals surface area (Å²) in [5, 5.41) is 1.40. The van der Waals surface area contributed by atoms with Crippen molar-refractivity contribution in [2.45, 2.75) is 24.8 Å². The van der Waals surface area contributed by atoms with Crippen molar-refractivity contribution in [2.24, 2.45) is 0 Å².